The number of aromatic nitrogens is 1. The number of nitrogens with one attached hydrogen (secondary N) is 7. The third kappa shape index (κ3) is 18.4. The molecule has 0 radical (unpaired) electrons. The van der Waals surface area contributed by atoms with Gasteiger partial charge < -0.3 is 83.2 Å². The van der Waals surface area contributed by atoms with E-state index >= 15 is 9.59 Å². The van der Waals surface area contributed by atoms with Gasteiger partial charge in [-0.3, -0.25) is 28.8 Å². The van der Waals surface area contributed by atoms with Crippen LogP contribution in [-0.4, -0.2) is 146 Å². The number of fused-ring (bicyclic) bond motifs is 4. The summed E-state index contributed by atoms with van der Waals surface area (Å²) in [6.07, 6.45) is 0.611. The average Bonchev–Trinajstić information content (AvgIpc) is 0.965. The Kier molecular flexibility index (Phi) is 24.7. The minimum atomic E-state index is -1.42. The van der Waals surface area contributed by atoms with E-state index in [0.29, 0.717) is 86.7 Å². The summed E-state index contributed by atoms with van der Waals surface area (Å²) in [6, 6.07) is 50.4. The number of hydrogen-bond donors (Lipinski definition) is 13. The van der Waals surface area contributed by atoms with Crippen LogP contribution in [0.5, 0.6) is 17.2 Å². The summed E-state index contributed by atoms with van der Waals surface area (Å²) in [5.41, 5.74) is 15.8. The van der Waals surface area contributed by atoms with Gasteiger partial charge >= 0.3 is 18.0 Å². The van der Waals surface area contributed by atoms with E-state index in [1.54, 1.807) is 134 Å². The van der Waals surface area contributed by atoms with Crippen molar-refractivity contribution in [2.75, 3.05) is 26.2 Å². The molecule has 7 atom stereocenters. The van der Waals surface area contributed by atoms with Crippen LogP contribution in [0.4, 0.5) is 4.79 Å². The number of carboxylic acids is 2. The minimum absolute atomic E-state index is 0.0385. The highest BCUT2D eigenvalue weighted by molar-refractivity contribution is 6.03. The van der Waals surface area contributed by atoms with Crippen LogP contribution >= 0.6 is 0 Å². The first-order valence-electron chi connectivity index (χ1n) is 34.8. The third-order valence-corrected chi connectivity index (χ3v) is 18.7. The lowest BCUT2D eigenvalue weighted by Crippen LogP contribution is -2.61. The third-order valence-electron chi connectivity index (χ3n) is 18.7. The van der Waals surface area contributed by atoms with E-state index in [1.165, 1.54) is 17.0 Å². The highest BCUT2D eigenvalue weighted by Gasteiger charge is 2.46. The zero-order valence-corrected chi connectivity index (χ0v) is 57.7. The first-order chi connectivity index (χ1) is 51.3. The summed E-state index contributed by atoms with van der Waals surface area (Å²) < 4.78 is 11.8. The second-order valence-corrected chi connectivity index (χ2v) is 26.0. The number of aromatic amines is 1. The summed E-state index contributed by atoms with van der Waals surface area (Å²) in [5.74, 6) is -7.12. The van der Waals surface area contributed by atoms with Crippen LogP contribution in [0.1, 0.15) is 91.4 Å². The predicted molar refractivity (Wildman–Crippen MR) is 396 cm³/mol. The average molecular weight is 1440 g/mol. The molecule has 25 nitrogen and oxygen atoms in total. The number of amides is 7. The molecule has 0 saturated carbocycles. The van der Waals surface area contributed by atoms with E-state index in [0.717, 1.165) is 16.5 Å². The standard InChI is InChI=1S/C58H66N10O9.C23H16O6/c59-27-13-12-22-46-52(69)64-47(30-38-23-25-42(26-24-38)76-36-39-16-6-2-7-17-39)53(70)66-49(31-37-14-4-1-5-15-37)57(74)68-35-43(77-58(75)61-29-28-60)33-50(68)55(72)67-51(40-18-8-3-9-19-40)56(73)65-48(54(71)63-46)32-41-34-62-45-21-11-10-20-44(41)45;24-20-16(14-7-3-1-5-12(14)9-18(20)22(26)27)11-17-15-8-4-2-6-13(15)10-19(21(17)25)23(28)29/h1-11,14-21,23-26,34,43,46-51,62H,12-13,22,27-33,35-36,59-60H2,(H,61,75)(H,63,71)(H,64,69)(H,65,73)(H,66,70)(H,67,72);1-10,24-25H,11H2,(H,26,27)(H,28,29). The number of nitrogens with two attached hydrogens (primary N) is 2. The van der Waals surface area contributed by atoms with Crippen LogP contribution in [0.3, 0.4) is 0 Å². The highest BCUT2D eigenvalue weighted by atomic mass is 16.6. The molecule has 0 bridgehead atoms. The van der Waals surface area contributed by atoms with E-state index in [9.17, 15) is 54.0 Å². The Morgan fingerprint density at radius 2 is 1.03 bits per heavy atom. The largest absolute Gasteiger partial charge is 0.507 e. The van der Waals surface area contributed by atoms with Crippen molar-refractivity contribution in [3.63, 3.8) is 0 Å². The number of carboxylic acid groups (broad SMARTS) is 2. The quantitative estimate of drug-likeness (QED) is 0.0306. The van der Waals surface area contributed by atoms with Gasteiger partial charge in [0, 0.05) is 73.4 Å². The smallest absolute Gasteiger partial charge is 0.407 e. The monoisotopic (exact) mass is 1430 g/mol. The molecule has 2 saturated heterocycles. The number of H-pyrrole nitrogens is 1. The number of alkyl carbamates (subject to hydrolysis) is 1. The van der Waals surface area contributed by atoms with E-state index in [1.807, 2.05) is 60.7 Å². The van der Waals surface area contributed by atoms with Crippen molar-refractivity contribution in [3.05, 3.63) is 256 Å². The van der Waals surface area contributed by atoms with Crippen LogP contribution in [0.15, 0.2) is 206 Å². The molecule has 7 amide bonds. The number of phenols is 2. The Labute approximate surface area is 609 Å². The van der Waals surface area contributed by atoms with Crippen molar-refractivity contribution in [3.8, 4) is 17.2 Å². The number of ether oxygens (including phenoxy) is 2. The zero-order chi connectivity index (χ0) is 74.8. The topological polar surface area (TPSA) is 396 Å². The van der Waals surface area contributed by atoms with Gasteiger partial charge in [-0.2, -0.15) is 0 Å². The first-order valence-corrected chi connectivity index (χ1v) is 34.8. The number of para-hydroxylation sites is 1. The van der Waals surface area contributed by atoms with Crippen molar-refractivity contribution in [1.82, 2.24) is 41.8 Å². The van der Waals surface area contributed by atoms with Gasteiger partial charge in [-0.05, 0) is 106 Å². The van der Waals surface area contributed by atoms with Crippen LogP contribution < -0.4 is 48.1 Å². The Bertz CT molecular complexity index is 4730. The maximum Gasteiger partial charge on any atom is 0.407 e. The highest BCUT2D eigenvalue weighted by Crippen LogP contribution is 2.39. The maximum atomic E-state index is 15.3. The summed E-state index contributed by atoms with van der Waals surface area (Å²) in [6.45, 7) is 0.617. The normalized spacial score (nSPS) is 18.7. The predicted octanol–water partition coefficient (Wildman–Crippen LogP) is 7.76. The Morgan fingerprint density at radius 3 is 1.63 bits per heavy atom. The second kappa shape index (κ2) is 35.0. The molecule has 7 unspecified atom stereocenters. The van der Waals surface area contributed by atoms with Crippen molar-refractivity contribution >= 4 is 85.9 Å². The van der Waals surface area contributed by atoms with Gasteiger partial charge in [-0.1, -0.05) is 170 Å². The molecule has 3 heterocycles. The van der Waals surface area contributed by atoms with E-state index < -0.39 is 107 Å². The minimum Gasteiger partial charge on any atom is -0.507 e. The number of carbonyl (C=O) groups excluding carboxylic acids is 7. The fourth-order valence-corrected chi connectivity index (χ4v) is 13.3. The lowest BCUT2D eigenvalue weighted by atomic mass is 9.90. The van der Waals surface area contributed by atoms with Crippen molar-refractivity contribution in [2.45, 2.75) is 100 Å². The molecule has 0 spiro atoms. The summed E-state index contributed by atoms with van der Waals surface area (Å²) in [4.78, 5) is 131. The molecule has 15 N–H and O–H groups in total. The van der Waals surface area contributed by atoms with Gasteiger partial charge in [0.15, 0.2) is 0 Å². The van der Waals surface area contributed by atoms with Gasteiger partial charge in [0.1, 0.15) is 77.3 Å². The fourth-order valence-electron chi connectivity index (χ4n) is 13.3. The van der Waals surface area contributed by atoms with Crippen molar-refractivity contribution in [1.29, 1.82) is 0 Å². The molecule has 546 valence electrons. The molecular formula is C81H82N10O15. The Hall–Kier alpha value is -12.6. The first kappa shape index (κ1) is 74.6. The number of aromatic carboxylic acids is 2. The number of hydrogen-bond acceptors (Lipinski definition) is 15. The maximum absolute atomic E-state index is 15.3. The number of carbonyl (C=O) groups is 9. The fraction of sp³-hybridized carbons (Fsp3) is 0.247. The number of rotatable bonds is 21. The van der Waals surface area contributed by atoms with Gasteiger partial charge in [-0.25, -0.2) is 14.4 Å². The molecule has 2 fully saturated rings. The van der Waals surface area contributed by atoms with Gasteiger partial charge in [0.2, 0.25) is 35.4 Å². The van der Waals surface area contributed by atoms with Gasteiger partial charge in [-0.15, -0.1) is 0 Å². The number of nitrogens with zero attached hydrogens (tertiary/aromatic N) is 1. The Balaban J connectivity index is 0.000000320. The summed E-state index contributed by atoms with van der Waals surface area (Å²) in [5, 5.41) is 60.7. The molecule has 0 aliphatic carbocycles. The van der Waals surface area contributed by atoms with E-state index in [4.69, 9.17) is 20.9 Å². The van der Waals surface area contributed by atoms with Crippen LogP contribution in [0.2, 0.25) is 0 Å². The molecule has 12 rings (SSSR count). The molecule has 25 heteroatoms. The van der Waals surface area contributed by atoms with E-state index in [-0.39, 0.29) is 69.3 Å². The SMILES string of the molecule is NCCCCC1NC(=O)C(Cc2c[nH]c3ccccc23)NC(=O)C(c2ccccc2)NC(=O)C2CC(OC(=O)NCCN)CN2C(=O)C(Cc2ccccc2)NC(=O)C(Cc2ccc(OCc3ccccc3)cc2)NC1=O.O=C(O)c1cc2ccccc2c(Cc2c(O)c(C(=O)O)cc3ccccc23)c1O. The Morgan fingerprint density at radius 1 is 0.519 bits per heavy atom. The summed E-state index contributed by atoms with van der Waals surface area (Å²) in [7, 11) is 0. The van der Waals surface area contributed by atoms with Crippen LogP contribution in [0, 0.1) is 0 Å². The molecule has 2 aliphatic rings. The number of unbranched alkanes of at least 4 members (excludes halogenated alkanes) is 1. The lowest BCUT2D eigenvalue weighted by Gasteiger charge is -2.32. The van der Waals surface area contributed by atoms with Crippen LogP contribution in [-0.2, 0) is 65.8 Å². The van der Waals surface area contributed by atoms with Crippen molar-refractivity contribution < 1.29 is 73.1 Å². The molecular weight excluding hydrogens is 1350 g/mol. The molecule has 10 aromatic rings. The molecule has 1 aromatic heterocycles. The van der Waals surface area contributed by atoms with Gasteiger partial charge in [0.25, 0.3) is 0 Å². The number of benzene rings is 9. The zero-order valence-electron chi connectivity index (χ0n) is 57.7. The molecule has 106 heavy (non-hydrogen) atoms. The van der Waals surface area contributed by atoms with E-state index in [2.05, 4.69) is 36.9 Å². The second-order valence-electron chi connectivity index (χ2n) is 26.0. The molecule has 2 aliphatic heterocycles. The van der Waals surface area contributed by atoms with Crippen molar-refractivity contribution in [2.24, 2.45) is 11.5 Å². The van der Waals surface area contributed by atoms with Gasteiger partial charge in [0.05, 0.1) is 6.54 Å². The number of aromatic hydroxyl groups is 2. The molecule has 9 aromatic carbocycles. The summed E-state index contributed by atoms with van der Waals surface area (Å²) >= 11 is 0. The van der Waals surface area contributed by atoms with Crippen LogP contribution in [0.25, 0.3) is 32.4 Å². The lowest BCUT2D eigenvalue weighted by molar-refractivity contribution is -0.143.